The number of carbonyl (C=O) groups is 1. The number of rotatable bonds is 5. The predicted octanol–water partition coefficient (Wildman–Crippen LogP) is 0.492. The first-order valence-corrected chi connectivity index (χ1v) is 8.95. The number of aliphatic hydroxyl groups excluding tert-OH is 4. The summed E-state index contributed by atoms with van der Waals surface area (Å²) in [7, 11) is 1.51. The second-order valence-electron chi connectivity index (χ2n) is 6.64. The van der Waals surface area contributed by atoms with E-state index in [9.17, 15) is 29.6 Å². The van der Waals surface area contributed by atoms with Crippen LogP contribution in [0.2, 0.25) is 0 Å². The molecule has 5 atom stereocenters. The minimum atomic E-state index is -1.54. The van der Waals surface area contributed by atoms with E-state index in [1.165, 1.54) is 43.4 Å². The summed E-state index contributed by atoms with van der Waals surface area (Å²) in [6.07, 6.45) is -6.70. The number of nitrogens with one attached hydrogen (secondary N) is 1. The number of ether oxygens (including phenoxy) is 2. The molecular weight excluding hydrogens is 385 g/mol. The number of halogens is 1. The van der Waals surface area contributed by atoms with Gasteiger partial charge in [-0.1, -0.05) is 6.07 Å². The largest absolute Gasteiger partial charge is 0.454 e. The van der Waals surface area contributed by atoms with Crippen molar-refractivity contribution in [2.45, 2.75) is 30.5 Å². The SMILES string of the molecule is CNC(=O)c1ccc(Oc2cc([C@H]3O[C@H](CO)[C@@H](O)[C@H](O)[C@H]3O)ccc2F)cc1. The topological polar surface area (TPSA) is 128 Å². The van der Waals surface area contributed by atoms with Crippen LogP contribution in [0, 0.1) is 5.82 Å². The van der Waals surface area contributed by atoms with E-state index < -0.39 is 42.9 Å². The van der Waals surface area contributed by atoms with Crippen LogP contribution >= 0.6 is 0 Å². The maximum atomic E-state index is 14.2. The average molecular weight is 407 g/mol. The zero-order chi connectivity index (χ0) is 21.1. The molecule has 0 radical (unpaired) electrons. The van der Waals surface area contributed by atoms with Crippen molar-refractivity contribution in [3.05, 3.63) is 59.4 Å². The lowest BCUT2D eigenvalue weighted by molar-refractivity contribution is -0.231. The normalized spacial score (nSPS) is 26.8. The second kappa shape index (κ2) is 8.85. The van der Waals surface area contributed by atoms with E-state index >= 15 is 0 Å². The Balaban J connectivity index is 1.83. The van der Waals surface area contributed by atoms with Crippen molar-refractivity contribution < 1.29 is 39.1 Å². The van der Waals surface area contributed by atoms with E-state index in [2.05, 4.69) is 5.32 Å². The molecule has 29 heavy (non-hydrogen) atoms. The molecule has 0 saturated carbocycles. The van der Waals surface area contributed by atoms with Crippen LogP contribution in [0.15, 0.2) is 42.5 Å². The maximum absolute atomic E-state index is 14.2. The summed E-state index contributed by atoms with van der Waals surface area (Å²) in [5, 5.41) is 41.9. The number of benzene rings is 2. The van der Waals surface area contributed by atoms with Crippen LogP contribution in [-0.4, -0.2) is 64.4 Å². The van der Waals surface area contributed by atoms with Crippen LogP contribution < -0.4 is 10.1 Å². The molecule has 1 aliphatic heterocycles. The highest BCUT2D eigenvalue weighted by Gasteiger charge is 2.44. The summed E-state index contributed by atoms with van der Waals surface area (Å²) in [6.45, 7) is -0.566. The predicted molar refractivity (Wildman–Crippen MR) is 99.0 cm³/mol. The van der Waals surface area contributed by atoms with Crippen molar-refractivity contribution >= 4 is 5.91 Å². The highest BCUT2D eigenvalue weighted by Crippen LogP contribution is 2.35. The van der Waals surface area contributed by atoms with Crippen molar-refractivity contribution in [3.8, 4) is 11.5 Å². The van der Waals surface area contributed by atoms with Crippen molar-refractivity contribution in [3.63, 3.8) is 0 Å². The first-order valence-electron chi connectivity index (χ1n) is 8.95. The third-order valence-electron chi connectivity index (χ3n) is 4.75. The van der Waals surface area contributed by atoms with Crippen molar-refractivity contribution in [1.29, 1.82) is 0 Å². The van der Waals surface area contributed by atoms with Crippen LogP contribution in [0.4, 0.5) is 4.39 Å². The van der Waals surface area contributed by atoms with Crippen molar-refractivity contribution in [2.75, 3.05) is 13.7 Å². The van der Waals surface area contributed by atoms with Crippen molar-refractivity contribution in [2.24, 2.45) is 0 Å². The van der Waals surface area contributed by atoms with E-state index in [4.69, 9.17) is 9.47 Å². The summed E-state index contributed by atoms with van der Waals surface area (Å²) < 4.78 is 25.3. The maximum Gasteiger partial charge on any atom is 0.251 e. The summed E-state index contributed by atoms with van der Waals surface area (Å²) in [5.74, 6) is -0.823. The highest BCUT2D eigenvalue weighted by atomic mass is 19.1. The fourth-order valence-electron chi connectivity index (χ4n) is 3.10. The lowest BCUT2D eigenvalue weighted by Gasteiger charge is -2.40. The van der Waals surface area contributed by atoms with E-state index in [1.54, 1.807) is 0 Å². The smallest absolute Gasteiger partial charge is 0.251 e. The Morgan fingerprint density at radius 1 is 1.10 bits per heavy atom. The van der Waals surface area contributed by atoms with Gasteiger partial charge >= 0.3 is 0 Å². The van der Waals surface area contributed by atoms with Crippen molar-refractivity contribution in [1.82, 2.24) is 5.32 Å². The quantitative estimate of drug-likeness (QED) is 0.488. The molecule has 8 nitrogen and oxygen atoms in total. The first-order chi connectivity index (χ1) is 13.8. The van der Waals surface area contributed by atoms with Gasteiger partial charge in [0.05, 0.1) is 6.61 Å². The Kier molecular flexibility index (Phi) is 6.46. The minimum absolute atomic E-state index is 0.160. The molecule has 1 fully saturated rings. The molecule has 2 aromatic carbocycles. The molecule has 0 bridgehead atoms. The Bertz CT molecular complexity index is 858. The zero-order valence-corrected chi connectivity index (χ0v) is 15.5. The third kappa shape index (κ3) is 4.39. The van der Waals surface area contributed by atoms with Gasteiger partial charge in [-0.15, -0.1) is 0 Å². The monoisotopic (exact) mass is 407 g/mol. The number of hydrogen-bond donors (Lipinski definition) is 5. The van der Waals surface area contributed by atoms with Crippen LogP contribution in [0.3, 0.4) is 0 Å². The lowest BCUT2D eigenvalue weighted by atomic mass is 9.91. The number of hydrogen-bond acceptors (Lipinski definition) is 7. The van der Waals surface area contributed by atoms with Gasteiger partial charge in [-0.05, 0) is 42.0 Å². The summed E-state index contributed by atoms with van der Waals surface area (Å²) >= 11 is 0. The molecule has 0 aromatic heterocycles. The van der Waals surface area contributed by atoms with E-state index in [-0.39, 0.29) is 17.4 Å². The molecule has 1 saturated heterocycles. The highest BCUT2D eigenvalue weighted by molar-refractivity contribution is 5.94. The minimum Gasteiger partial charge on any atom is -0.454 e. The standard InChI is InChI=1S/C20H22FNO7/c1-22-20(27)10-2-5-12(6-3-10)28-14-8-11(4-7-13(14)21)19-18(26)17(25)16(24)15(9-23)29-19/h2-8,15-19,23-26H,9H2,1H3,(H,22,27)/t15-,16-,17+,18-,19-/m1/s1. The van der Waals surface area contributed by atoms with Gasteiger partial charge in [-0.25, -0.2) is 4.39 Å². The molecule has 5 N–H and O–H groups in total. The van der Waals surface area contributed by atoms with Crippen LogP contribution in [0.1, 0.15) is 22.0 Å². The Labute approximate surface area is 166 Å². The third-order valence-corrected chi connectivity index (χ3v) is 4.75. The molecule has 0 unspecified atom stereocenters. The van der Waals surface area contributed by atoms with Gasteiger partial charge in [0.15, 0.2) is 11.6 Å². The molecule has 2 aromatic rings. The molecule has 9 heteroatoms. The van der Waals surface area contributed by atoms with Gasteiger partial charge in [0, 0.05) is 12.6 Å². The van der Waals surface area contributed by atoms with Gasteiger partial charge < -0.3 is 35.2 Å². The van der Waals surface area contributed by atoms with Crippen LogP contribution in [0.25, 0.3) is 0 Å². The summed E-state index contributed by atoms with van der Waals surface area (Å²) in [4.78, 5) is 11.6. The number of aliphatic hydroxyl groups is 4. The zero-order valence-electron chi connectivity index (χ0n) is 15.5. The molecule has 1 aliphatic rings. The average Bonchev–Trinajstić information content (AvgIpc) is 2.74. The summed E-state index contributed by atoms with van der Waals surface area (Å²) in [6, 6.07) is 9.82. The van der Waals surface area contributed by atoms with E-state index in [0.717, 1.165) is 6.07 Å². The van der Waals surface area contributed by atoms with E-state index in [0.29, 0.717) is 11.1 Å². The van der Waals surface area contributed by atoms with Crippen LogP contribution in [-0.2, 0) is 4.74 Å². The van der Waals surface area contributed by atoms with Gasteiger partial charge in [-0.2, -0.15) is 0 Å². The van der Waals surface area contributed by atoms with Gasteiger partial charge in [-0.3, -0.25) is 4.79 Å². The number of carbonyl (C=O) groups excluding carboxylic acids is 1. The Morgan fingerprint density at radius 2 is 1.79 bits per heavy atom. The molecule has 0 spiro atoms. The molecule has 1 heterocycles. The molecular formula is C20H22FNO7. The first kappa shape index (κ1) is 21.2. The number of amides is 1. The Hall–Kier alpha value is -2.56. The van der Waals surface area contributed by atoms with E-state index in [1.807, 2.05) is 0 Å². The van der Waals surface area contributed by atoms with Crippen LogP contribution in [0.5, 0.6) is 11.5 Å². The molecule has 0 aliphatic carbocycles. The molecule has 3 rings (SSSR count). The molecule has 1 amide bonds. The van der Waals surface area contributed by atoms with Gasteiger partial charge in [0.1, 0.15) is 36.3 Å². The van der Waals surface area contributed by atoms with Gasteiger partial charge in [0.25, 0.3) is 5.91 Å². The summed E-state index contributed by atoms with van der Waals surface area (Å²) in [5.41, 5.74) is 0.704. The second-order valence-corrected chi connectivity index (χ2v) is 6.64. The lowest BCUT2D eigenvalue weighted by Crippen LogP contribution is -2.55. The Morgan fingerprint density at radius 3 is 2.41 bits per heavy atom. The molecule has 156 valence electrons. The fraction of sp³-hybridized carbons (Fsp3) is 0.350. The fourth-order valence-corrected chi connectivity index (χ4v) is 3.10. The van der Waals surface area contributed by atoms with Gasteiger partial charge in [0.2, 0.25) is 0 Å².